The molecule has 2 heterocycles. The largest absolute Gasteiger partial charge is 0.349 e. The van der Waals surface area contributed by atoms with Crippen LogP contribution in [0.5, 0.6) is 0 Å². The maximum absolute atomic E-state index is 12.7. The summed E-state index contributed by atoms with van der Waals surface area (Å²) in [5.41, 5.74) is 3.96. The molecule has 25 heavy (non-hydrogen) atoms. The average molecular weight is 339 g/mol. The second kappa shape index (κ2) is 7.37. The van der Waals surface area contributed by atoms with Crippen LogP contribution in [0.2, 0.25) is 0 Å². The van der Waals surface area contributed by atoms with Crippen molar-refractivity contribution in [3.63, 3.8) is 0 Å². The van der Waals surface area contributed by atoms with E-state index in [0.717, 1.165) is 63.2 Å². The molecule has 6 heteroatoms. The van der Waals surface area contributed by atoms with Gasteiger partial charge in [0, 0.05) is 50.5 Å². The lowest BCUT2D eigenvalue weighted by atomic mass is 10.2. The summed E-state index contributed by atoms with van der Waals surface area (Å²) < 4.78 is 1.95. The predicted molar refractivity (Wildman–Crippen MR) is 97.2 cm³/mol. The third-order valence-corrected chi connectivity index (χ3v) is 5.07. The quantitative estimate of drug-likeness (QED) is 0.853. The summed E-state index contributed by atoms with van der Waals surface area (Å²) in [6.45, 7) is 5.73. The number of nitrogens with zero attached hydrogens (tertiary/aromatic N) is 3. The number of hydrogen-bond acceptors (Lipinski definition) is 4. The Kier molecular flexibility index (Phi) is 4.81. The van der Waals surface area contributed by atoms with Gasteiger partial charge in [-0.3, -0.25) is 9.69 Å². The lowest BCUT2D eigenvalue weighted by molar-refractivity contribution is 0.0941. The Balaban J connectivity index is 1.46. The third-order valence-electron chi connectivity index (χ3n) is 5.07. The third kappa shape index (κ3) is 3.45. The minimum absolute atomic E-state index is 0.0389. The molecule has 4 rings (SSSR count). The standard InChI is InChI=1S/C19H25N5O/c25-19(21-11-14-23-12-9-20-10-13-23)18-16-7-4-8-17(16)24(22-18)15-5-2-1-3-6-15/h1-3,5-6,20H,4,7-14H2,(H,21,25). The summed E-state index contributed by atoms with van der Waals surface area (Å²) in [6, 6.07) is 10.1. The Hall–Kier alpha value is -2.18. The molecule has 132 valence electrons. The number of fused-ring (bicyclic) bond motifs is 1. The Morgan fingerprint density at radius 3 is 2.76 bits per heavy atom. The fourth-order valence-electron chi connectivity index (χ4n) is 3.75. The van der Waals surface area contributed by atoms with Crippen molar-refractivity contribution >= 4 is 5.91 Å². The van der Waals surface area contributed by atoms with E-state index in [4.69, 9.17) is 0 Å². The van der Waals surface area contributed by atoms with Crippen molar-refractivity contribution in [1.82, 2.24) is 25.3 Å². The molecule has 0 bridgehead atoms. The number of benzene rings is 1. The van der Waals surface area contributed by atoms with Crippen LogP contribution in [0.15, 0.2) is 30.3 Å². The zero-order chi connectivity index (χ0) is 17.1. The van der Waals surface area contributed by atoms with Gasteiger partial charge in [0.25, 0.3) is 5.91 Å². The topological polar surface area (TPSA) is 62.2 Å². The highest BCUT2D eigenvalue weighted by Crippen LogP contribution is 2.27. The van der Waals surface area contributed by atoms with Crippen LogP contribution in [0.3, 0.4) is 0 Å². The van der Waals surface area contributed by atoms with Crippen LogP contribution in [0.25, 0.3) is 5.69 Å². The van der Waals surface area contributed by atoms with Gasteiger partial charge in [-0.05, 0) is 31.4 Å². The molecule has 1 saturated heterocycles. The SMILES string of the molecule is O=C(NCCN1CCNCC1)c1nn(-c2ccccc2)c2c1CCC2. The van der Waals surface area contributed by atoms with Crippen LogP contribution in [0, 0.1) is 0 Å². The molecule has 0 spiro atoms. The van der Waals surface area contributed by atoms with E-state index in [9.17, 15) is 4.79 Å². The van der Waals surface area contributed by atoms with Crippen molar-refractivity contribution in [3.05, 3.63) is 47.3 Å². The van der Waals surface area contributed by atoms with Crippen molar-refractivity contribution in [3.8, 4) is 5.69 Å². The number of carbonyl (C=O) groups is 1. The fourth-order valence-corrected chi connectivity index (χ4v) is 3.75. The summed E-state index contributed by atoms with van der Waals surface area (Å²) >= 11 is 0. The minimum atomic E-state index is -0.0389. The highest BCUT2D eigenvalue weighted by atomic mass is 16.2. The van der Waals surface area contributed by atoms with Gasteiger partial charge in [0.15, 0.2) is 5.69 Å². The van der Waals surface area contributed by atoms with Crippen LogP contribution in [-0.4, -0.2) is 59.9 Å². The molecule has 2 aliphatic rings. The van der Waals surface area contributed by atoms with Gasteiger partial charge in [0.1, 0.15) is 0 Å². The summed E-state index contributed by atoms with van der Waals surface area (Å²) in [5, 5.41) is 11.1. The molecule has 0 radical (unpaired) electrons. The molecule has 1 aliphatic carbocycles. The average Bonchev–Trinajstić information content (AvgIpc) is 3.26. The number of aromatic nitrogens is 2. The van der Waals surface area contributed by atoms with Crippen LogP contribution >= 0.6 is 0 Å². The fraction of sp³-hybridized carbons (Fsp3) is 0.474. The molecule has 1 fully saturated rings. The Bertz CT molecular complexity index is 734. The highest BCUT2D eigenvalue weighted by molar-refractivity contribution is 5.94. The number of carbonyl (C=O) groups excluding carboxylic acids is 1. The second-order valence-corrected chi connectivity index (χ2v) is 6.72. The van der Waals surface area contributed by atoms with E-state index >= 15 is 0 Å². The van der Waals surface area contributed by atoms with E-state index in [2.05, 4.69) is 20.6 Å². The van der Waals surface area contributed by atoms with Gasteiger partial charge in [-0.25, -0.2) is 4.68 Å². The Morgan fingerprint density at radius 2 is 1.96 bits per heavy atom. The molecule has 2 aromatic rings. The van der Waals surface area contributed by atoms with Gasteiger partial charge < -0.3 is 10.6 Å². The lowest BCUT2D eigenvalue weighted by Crippen LogP contribution is -2.46. The molecule has 2 N–H and O–H groups in total. The predicted octanol–water partition coefficient (Wildman–Crippen LogP) is 0.996. The maximum atomic E-state index is 12.7. The van der Waals surface area contributed by atoms with Gasteiger partial charge >= 0.3 is 0 Å². The number of nitrogens with one attached hydrogen (secondary N) is 2. The van der Waals surface area contributed by atoms with Gasteiger partial charge in [0.2, 0.25) is 0 Å². The zero-order valence-electron chi connectivity index (χ0n) is 14.5. The molecule has 1 aromatic heterocycles. The molecule has 0 atom stereocenters. The maximum Gasteiger partial charge on any atom is 0.272 e. The van der Waals surface area contributed by atoms with Crippen molar-refractivity contribution in [1.29, 1.82) is 0 Å². The first-order valence-corrected chi connectivity index (χ1v) is 9.20. The normalized spacial score (nSPS) is 17.4. The molecule has 0 saturated carbocycles. The van der Waals surface area contributed by atoms with Crippen LogP contribution < -0.4 is 10.6 Å². The summed E-state index contributed by atoms with van der Waals surface area (Å²) in [5.74, 6) is -0.0389. The van der Waals surface area contributed by atoms with Crippen molar-refractivity contribution in [2.24, 2.45) is 0 Å². The van der Waals surface area contributed by atoms with E-state index in [-0.39, 0.29) is 5.91 Å². The summed E-state index contributed by atoms with van der Waals surface area (Å²) in [6.07, 6.45) is 3.04. The monoisotopic (exact) mass is 339 g/mol. The van der Waals surface area contributed by atoms with Gasteiger partial charge in [-0.2, -0.15) is 5.10 Å². The lowest BCUT2D eigenvalue weighted by Gasteiger charge is -2.27. The zero-order valence-corrected chi connectivity index (χ0v) is 14.5. The van der Waals surface area contributed by atoms with Gasteiger partial charge in [-0.15, -0.1) is 0 Å². The summed E-state index contributed by atoms with van der Waals surface area (Å²) in [4.78, 5) is 15.1. The molecule has 1 amide bonds. The van der Waals surface area contributed by atoms with E-state index in [1.165, 1.54) is 5.69 Å². The molecule has 1 aliphatic heterocycles. The van der Waals surface area contributed by atoms with Crippen LogP contribution in [0.4, 0.5) is 0 Å². The van der Waals surface area contributed by atoms with Crippen molar-refractivity contribution < 1.29 is 4.79 Å². The van der Waals surface area contributed by atoms with Crippen molar-refractivity contribution in [2.75, 3.05) is 39.3 Å². The van der Waals surface area contributed by atoms with Crippen molar-refractivity contribution in [2.45, 2.75) is 19.3 Å². The Morgan fingerprint density at radius 1 is 1.16 bits per heavy atom. The molecule has 6 nitrogen and oxygen atoms in total. The highest BCUT2D eigenvalue weighted by Gasteiger charge is 2.26. The second-order valence-electron chi connectivity index (χ2n) is 6.72. The van der Waals surface area contributed by atoms with Crippen LogP contribution in [0.1, 0.15) is 28.2 Å². The van der Waals surface area contributed by atoms with E-state index in [0.29, 0.717) is 12.2 Å². The molecular formula is C19H25N5O. The van der Waals surface area contributed by atoms with Crippen LogP contribution in [-0.2, 0) is 12.8 Å². The van der Waals surface area contributed by atoms with Gasteiger partial charge in [0.05, 0.1) is 5.69 Å². The first kappa shape index (κ1) is 16.3. The first-order valence-electron chi connectivity index (χ1n) is 9.20. The number of hydrogen-bond donors (Lipinski definition) is 2. The summed E-state index contributed by atoms with van der Waals surface area (Å²) in [7, 11) is 0. The van der Waals surface area contributed by atoms with E-state index in [1.807, 2.05) is 35.0 Å². The Labute approximate surface area is 148 Å². The minimum Gasteiger partial charge on any atom is -0.349 e. The molecular weight excluding hydrogens is 314 g/mol. The van der Waals surface area contributed by atoms with Gasteiger partial charge in [-0.1, -0.05) is 18.2 Å². The number of piperazine rings is 1. The number of para-hydroxylation sites is 1. The molecule has 0 unspecified atom stereocenters. The smallest absolute Gasteiger partial charge is 0.272 e. The first-order chi connectivity index (χ1) is 12.3. The van der Waals surface area contributed by atoms with E-state index in [1.54, 1.807) is 0 Å². The van der Waals surface area contributed by atoms with E-state index < -0.39 is 0 Å². The molecule has 1 aromatic carbocycles. The number of amides is 1. The number of rotatable bonds is 5.